The van der Waals surface area contributed by atoms with Gasteiger partial charge in [-0.25, -0.2) is 0 Å². The fourth-order valence-electron chi connectivity index (χ4n) is 1.89. The molecule has 3 rings (SSSR count). The molecule has 3 nitrogen and oxygen atoms in total. The van der Waals surface area contributed by atoms with Crippen molar-refractivity contribution in [3.8, 4) is 5.69 Å². The standard InChI is InChI=1S/C13H10N2O/c16-15-9-4-7-12-13(15)8-10-14(12)11-5-2-1-3-6-11/h1-10H. The van der Waals surface area contributed by atoms with Crippen molar-refractivity contribution in [1.82, 2.24) is 4.57 Å². The molecule has 0 spiro atoms. The van der Waals surface area contributed by atoms with E-state index in [9.17, 15) is 5.21 Å². The van der Waals surface area contributed by atoms with E-state index in [0.29, 0.717) is 5.52 Å². The molecule has 78 valence electrons. The molecule has 0 amide bonds. The minimum absolute atomic E-state index is 0.686. The Kier molecular flexibility index (Phi) is 1.90. The Hall–Kier alpha value is -2.29. The van der Waals surface area contributed by atoms with Gasteiger partial charge >= 0.3 is 0 Å². The van der Waals surface area contributed by atoms with E-state index in [1.165, 1.54) is 6.20 Å². The topological polar surface area (TPSA) is 31.9 Å². The first-order valence-electron chi connectivity index (χ1n) is 5.11. The summed E-state index contributed by atoms with van der Waals surface area (Å²) in [5.41, 5.74) is 2.67. The first-order chi connectivity index (χ1) is 7.86. The summed E-state index contributed by atoms with van der Waals surface area (Å²) in [6.45, 7) is 0. The Bertz CT molecular complexity index is 629. The van der Waals surface area contributed by atoms with E-state index in [1.807, 2.05) is 53.2 Å². The van der Waals surface area contributed by atoms with Crippen molar-refractivity contribution in [2.24, 2.45) is 0 Å². The van der Waals surface area contributed by atoms with E-state index < -0.39 is 0 Å². The molecule has 2 heterocycles. The number of aromatic nitrogens is 2. The summed E-state index contributed by atoms with van der Waals surface area (Å²) in [5, 5.41) is 11.5. The lowest BCUT2D eigenvalue weighted by Crippen LogP contribution is -2.25. The van der Waals surface area contributed by atoms with Crippen LogP contribution >= 0.6 is 0 Å². The zero-order chi connectivity index (χ0) is 11.0. The monoisotopic (exact) mass is 210 g/mol. The van der Waals surface area contributed by atoms with E-state index in [0.717, 1.165) is 15.9 Å². The van der Waals surface area contributed by atoms with Crippen LogP contribution in [0.15, 0.2) is 60.9 Å². The molecule has 0 bridgehead atoms. The predicted octanol–water partition coefficient (Wildman–Crippen LogP) is 2.26. The minimum atomic E-state index is 0.686. The highest BCUT2D eigenvalue weighted by molar-refractivity contribution is 5.74. The van der Waals surface area contributed by atoms with Crippen LogP contribution in [0.3, 0.4) is 0 Å². The van der Waals surface area contributed by atoms with Gasteiger partial charge in [-0.1, -0.05) is 18.2 Å². The summed E-state index contributed by atoms with van der Waals surface area (Å²) < 4.78 is 2.89. The average Bonchev–Trinajstić information content (AvgIpc) is 2.75. The third-order valence-corrected chi connectivity index (χ3v) is 2.65. The number of benzene rings is 1. The Balaban J connectivity index is 2.30. The lowest BCUT2D eigenvalue weighted by atomic mass is 10.3. The molecule has 1 aromatic carbocycles. The highest BCUT2D eigenvalue weighted by Crippen LogP contribution is 2.16. The summed E-state index contributed by atoms with van der Waals surface area (Å²) in [5.74, 6) is 0. The van der Waals surface area contributed by atoms with Crippen LogP contribution in [0, 0.1) is 5.21 Å². The molecular formula is C13H10N2O. The predicted molar refractivity (Wildman–Crippen MR) is 62.2 cm³/mol. The first kappa shape index (κ1) is 8.97. The second-order valence-electron chi connectivity index (χ2n) is 3.63. The number of rotatable bonds is 1. The van der Waals surface area contributed by atoms with Crippen LogP contribution in [0.1, 0.15) is 0 Å². The van der Waals surface area contributed by atoms with Crippen LogP contribution in [-0.4, -0.2) is 4.57 Å². The SMILES string of the molecule is [O-][n+]1cccc2c1ccn2-c1ccccc1. The third kappa shape index (κ3) is 1.26. The number of pyridine rings is 1. The second kappa shape index (κ2) is 3.38. The smallest absolute Gasteiger partial charge is 0.242 e. The summed E-state index contributed by atoms with van der Waals surface area (Å²) in [4.78, 5) is 0. The third-order valence-electron chi connectivity index (χ3n) is 2.65. The molecule has 0 aliphatic rings. The first-order valence-corrected chi connectivity index (χ1v) is 5.11. The molecule has 0 aliphatic heterocycles. The summed E-state index contributed by atoms with van der Waals surface area (Å²) >= 11 is 0. The quantitative estimate of drug-likeness (QED) is 0.448. The molecule has 16 heavy (non-hydrogen) atoms. The van der Waals surface area contributed by atoms with Gasteiger partial charge in [0.05, 0.1) is 0 Å². The molecule has 0 saturated carbocycles. The van der Waals surface area contributed by atoms with E-state index in [4.69, 9.17) is 0 Å². The van der Waals surface area contributed by atoms with Crippen molar-refractivity contribution in [1.29, 1.82) is 0 Å². The molecule has 0 unspecified atom stereocenters. The van der Waals surface area contributed by atoms with Gasteiger partial charge in [0.1, 0.15) is 5.52 Å². The Morgan fingerprint density at radius 1 is 0.938 bits per heavy atom. The summed E-state index contributed by atoms with van der Waals surface area (Å²) in [6, 6.07) is 15.5. The van der Waals surface area contributed by atoms with Gasteiger partial charge in [-0.3, -0.25) is 0 Å². The van der Waals surface area contributed by atoms with Crippen LogP contribution in [0.25, 0.3) is 16.7 Å². The molecule has 0 radical (unpaired) electrons. The summed E-state index contributed by atoms with van der Waals surface area (Å²) in [7, 11) is 0. The molecule has 0 atom stereocenters. The van der Waals surface area contributed by atoms with E-state index >= 15 is 0 Å². The number of hydrogen-bond donors (Lipinski definition) is 0. The molecule has 2 aromatic heterocycles. The van der Waals surface area contributed by atoms with E-state index in [1.54, 1.807) is 6.07 Å². The second-order valence-corrected chi connectivity index (χ2v) is 3.63. The highest BCUT2D eigenvalue weighted by Gasteiger charge is 2.08. The molecule has 0 saturated heterocycles. The Morgan fingerprint density at radius 3 is 2.56 bits per heavy atom. The van der Waals surface area contributed by atoms with Crippen LogP contribution < -0.4 is 4.73 Å². The number of hydrogen-bond acceptors (Lipinski definition) is 1. The Labute approximate surface area is 92.8 Å². The maximum absolute atomic E-state index is 11.5. The summed E-state index contributed by atoms with van der Waals surface area (Å²) in [6.07, 6.45) is 3.42. The van der Waals surface area contributed by atoms with Crippen molar-refractivity contribution >= 4 is 11.0 Å². The van der Waals surface area contributed by atoms with Crippen molar-refractivity contribution in [2.75, 3.05) is 0 Å². The molecule has 0 N–H and O–H groups in total. The van der Waals surface area contributed by atoms with Crippen molar-refractivity contribution in [2.45, 2.75) is 0 Å². The number of para-hydroxylation sites is 1. The van der Waals surface area contributed by atoms with E-state index in [2.05, 4.69) is 0 Å². The van der Waals surface area contributed by atoms with Crippen molar-refractivity contribution in [3.05, 3.63) is 66.1 Å². The molecule has 3 aromatic rings. The maximum atomic E-state index is 11.5. The minimum Gasteiger partial charge on any atom is -0.618 e. The van der Waals surface area contributed by atoms with Crippen molar-refractivity contribution < 1.29 is 4.73 Å². The van der Waals surface area contributed by atoms with Crippen molar-refractivity contribution in [3.63, 3.8) is 0 Å². The van der Waals surface area contributed by atoms with Crippen LogP contribution in [0.4, 0.5) is 0 Å². The average molecular weight is 210 g/mol. The molecule has 0 fully saturated rings. The molecule has 3 heteroatoms. The van der Waals surface area contributed by atoms with Gasteiger partial charge in [-0.15, -0.1) is 0 Å². The van der Waals surface area contributed by atoms with Gasteiger partial charge < -0.3 is 9.77 Å². The van der Waals surface area contributed by atoms with Gasteiger partial charge in [-0.2, -0.15) is 4.73 Å². The van der Waals surface area contributed by atoms with Gasteiger partial charge in [0.2, 0.25) is 5.52 Å². The number of nitrogens with zero attached hydrogens (tertiary/aromatic N) is 2. The fraction of sp³-hybridized carbons (Fsp3) is 0. The van der Waals surface area contributed by atoms with Gasteiger partial charge in [0, 0.05) is 24.0 Å². The molecule has 0 aliphatic carbocycles. The van der Waals surface area contributed by atoms with Crippen LogP contribution in [-0.2, 0) is 0 Å². The zero-order valence-corrected chi connectivity index (χ0v) is 8.58. The van der Waals surface area contributed by atoms with Gasteiger partial charge in [0.25, 0.3) is 0 Å². The van der Waals surface area contributed by atoms with Gasteiger partial charge in [-0.05, 0) is 18.2 Å². The maximum Gasteiger partial charge on any atom is 0.242 e. The normalized spacial score (nSPS) is 10.8. The molecular weight excluding hydrogens is 200 g/mol. The highest BCUT2D eigenvalue weighted by atomic mass is 16.5. The zero-order valence-electron chi connectivity index (χ0n) is 8.58. The Morgan fingerprint density at radius 2 is 1.75 bits per heavy atom. The van der Waals surface area contributed by atoms with E-state index in [-0.39, 0.29) is 0 Å². The van der Waals surface area contributed by atoms with Gasteiger partial charge in [0.15, 0.2) is 6.20 Å². The number of fused-ring (bicyclic) bond motifs is 1. The fourth-order valence-corrected chi connectivity index (χ4v) is 1.89. The lowest BCUT2D eigenvalue weighted by molar-refractivity contribution is -0.576. The lowest BCUT2D eigenvalue weighted by Gasteiger charge is -2.04. The largest absolute Gasteiger partial charge is 0.618 e. The van der Waals surface area contributed by atoms with Crippen LogP contribution in [0.5, 0.6) is 0 Å². The van der Waals surface area contributed by atoms with Crippen LogP contribution in [0.2, 0.25) is 0 Å².